The third-order valence-corrected chi connectivity index (χ3v) is 5.43. The van der Waals surface area contributed by atoms with Crippen molar-refractivity contribution in [3.8, 4) is 16.9 Å². The highest BCUT2D eigenvalue weighted by atomic mass is 19.4. The summed E-state index contributed by atoms with van der Waals surface area (Å²) in [4.78, 5) is 15.6. The molecule has 4 aromatic rings. The number of alkyl halides is 3. The summed E-state index contributed by atoms with van der Waals surface area (Å²) in [7, 11) is 0. The summed E-state index contributed by atoms with van der Waals surface area (Å²) < 4.78 is 43.1. The van der Waals surface area contributed by atoms with Gasteiger partial charge in [-0.1, -0.05) is 38.1 Å². The van der Waals surface area contributed by atoms with E-state index >= 15 is 0 Å². The SMILES string of the molecule is CC(C)CC(c1ccc(C(N)=O)nc1)n1ncc2cc(-c3ccc(OC(F)(F)F)cc3)ccc21. The molecule has 2 aromatic heterocycles. The molecule has 0 saturated heterocycles. The van der Waals surface area contributed by atoms with Gasteiger partial charge in [-0.05, 0) is 59.4 Å². The van der Waals surface area contributed by atoms with Gasteiger partial charge in [0.05, 0.1) is 17.8 Å². The van der Waals surface area contributed by atoms with Crippen LogP contribution in [0.3, 0.4) is 0 Å². The van der Waals surface area contributed by atoms with E-state index in [-0.39, 0.29) is 17.5 Å². The van der Waals surface area contributed by atoms with Crippen LogP contribution in [0.25, 0.3) is 22.0 Å². The third kappa shape index (κ3) is 5.19. The van der Waals surface area contributed by atoms with Gasteiger partial charge in [-0.2, -0.15) is 5.10 Å². The summed E-state index contributed by atoms with van der Waals surface area (Å²) in [5.74, 6) is -0.476. The van der Waals surface area contributed by atoms with E-state index in [1.807, 2.05) is 28.9 Å². The molecule has 4 rings (SSSR count). The minimum absolute atomic E-state index is 0.100. The molecule has 176 valence electrons. The van der Waals surface area contributed by atoms with Gasteiger partial charge in [-0.3, -0.25) is 14.5 Å². The lowest BCUT2D eigenvalue weighted by Crippen LogP contribution is -2.17. The van der Waals surface area contributed by atoms with Gasteiger partial charge in [-0.25, -0.2) is 0 Å². The first kappa shape index (κ1) is 23.3. The van der Waals surface area contributed by atoms with E-state index in [9.17, 15) is 18.0 Å². The summed E-state index contributed by atoms with van der Waals surface area (Å²) in [5, 5.41) is 5.52. The number of carbonyl (C=O) groups excluding carboxylic acids is 1. The van der Waals surface area contributed by atoms with Crippen LogP contribution in [0.4, 0.5) is 13.2 Å². The monoisotopic (exact) mass is 468 g/mol. The lowest BCUT2D eigenvalue weighted by Gasteiger charge is -2.21. The third-order valence-electron chi connectivity index (χ3n) is 5.43. The molecular weight excluding hydrogens is 445 g/mol. The van der Waals surface area contributed by atoms with E-state index in [1.165, 1.54) is 12.1 Å². The lowest BCUT2D eigenvalue weighted by atomic mass is 9.97. The molecule has 2 N–H and O–H groups in total. The zero-order chi connectivity index (χ0) is 24.5. The summed E-state index contributed by atoms with van der Waals surface area (Å²) in [6.07, 6.45) is -0.508. The van der Waals surface area contributed by atoms with E-state index in [0.29, 0.717) is 5.92 Å². The number of aromatic nitrogens is 3. The van der Waals surface area contributed by atoms with Crippen LogP contribution in [0.2, 0.25) is 0 Å². The summed E-state index contributed by atoms with van der Waals surface area (Å²) >= 11 is 0. The Hall–Kier alpha value is -3.88. The number of nitrogens with two attached hydrogens (primary N) is 1. The number of halogens is 3. The quantitative estimate of drug-likeness (QED) is 0.375. The molecule has 34 heavy (non-hydrogen) atoms. The van der Waals surface area contributed by atoms with Crippen molar-refractivity contribution >= 4 is 16.8 Å². The molecule has 0 fully saturated rings. The zero-order valence-electron chi connectivity index (χ0n) is 18.6. The number of fused-ring (bicyclic) bond motifs is 1. The van der Waals surface area contributed by atoms with Crippen LogP contribution in [-0.2, 0) is 0 Å². The highest BCUT2D eigenvalue weighted by Gasteiger charge is 2.31. The summed E-state index contributed by atoms with van der Waals surface area (Å²) in [6, 6.07) is 14.9. The Morgan fingerprint density at radius 2 is 1.74 bits per heavy atom. The van der Waals surface area contributed by atoms with Crippen molar-refractivity contribution in [1.82, 2.24) is 14.8 Å². The Morgan fingerprint density at radius 1 is 1.03 bits per heavy atom. The molecule has 1 atom stereocenters. The fourth-order valence-corrected chi connectivity index (χ4v) is 3.90. The number of nitrogens with zero attached hydrogens (tertiary/aromatic N) is 3. The van der Waals surface area contributed by atoms with E-state index in [1.54, 1.807) is 30.6 Å². The smallest absolute Gasteiger partial charge is 0.406 e. The van der Waals surface area contributed by atoms with Crippen molar-refractivity contribution in [3.63, 3.8) is 0 Å². The molecule has 2 aromatic carbocycles. The maximum absolute atomic E-state index is 12.4. The number of rotatable bonds is 7. The van der Waals surface area contributed by atoms with Gasteiger partial charge in [-0.15, -0.1) is 13.2 Å². The van der Waals surface area contributed by atoms with Crippen molar-refractivity contribution in [2.75, 3.05) is 0 Å². The molecule has 1 amide bonds. The molecule has 6 nitrogen and oxygen atoms in total. The van der Waals surface area contributed by atoms with Crippen LogP contribution in [-0.4, -0.2) is 27.0 Å². The minimum Gasteiger partial charge on any atom is -0.406 e. The Kier molecular flexibility index (Phi) is 6.28. The molecule has 0 radical (unpaired) electrons. The molecule has 0 saturated carbocycles. The average molecular weight is 468 g/mol. The highest BCUT2D eigenvalue weighted by Crippen LogP contribution is 2.32. The summed E-state index contributed by atoms with van der Waals surface area (Å²) in [5.41, 5.74) is 8.94. The number of carbonyl (C=O) groups is 1. The van der Waals surface area contributed by atoms with E-state index in [2.05, 4.69) is 28.7 Å². The van der Waals surface area contributed by atoms with Crippen molar-refractivity contribution in [2.24, 2.45) is 11.7 Å². The topological polar surface area (TPSA) is 83.0 Å². The first-order valence-corrected chi connectivity index (χ1v) is 10.7. The number of pyridine rings is 1. The van der Waals surface area contributed by atoms with Crippen LogP contribution >= 0.6 is 0 Å². The fraction of sp³-hybridized carbons (Fsp3) is 0.240. The van der Waals surface area contributed by atoms with Crippen LogP contribution in [0.5, 0.6) is 5.75 Å². The van der Waals surface area contributed by atoms with Gasteiger partial charge in [0, 0.05) is 11.6 Å². The van der Waals surface area contributed by atoms with E-state index < -0.39 is 12.3 Å². The average Bonchev–Trinajstić information content (AvgIpc) is 3.20. The number of ether oxygens (including phenoxy) is 1. The second-order valence-electron chi connectivity index (χ2n) is 8.42. The van der Waals surface area contributed by atoms with Gasteiger partial charge < -0.3 is 10.5 Å². The highest BCUT2D eigenvalue weighted by molar-refractivity contribution is 5.90. The Morgan fingerprint density at radius 3 is 2.32 bits per heavy atom. The predicted molar refractivity (Wildman–Crippen MR) is 122 cm³/mol. The van der Waals surface area contributed by atoms with E-state index in [4.69, 9.17) is 5.73 Å². The number of amides is 1. The van der Waals surface area contributed by atoms with Crippen molar-refractivity contribution in [2.45, 2.75) is 32.7 Å². The maximum atomic E-state index is 12.4. The van der Waals surface area contributed by atoms with E-state index in [0.717, 1.165) is 34.0 Å². The largest absolute Gasteiger partial charge is 0.573 e. The molecule has 2 heterocycles. The van der Waals surface area contributed by atoms with Gasteiger partial charge >= 0.3 is 6.36 Å². The normalized spacial score (nSPS) is 12.8. The van der Waals surface area contributed by atoms with Crippen LogP contribution in [0.1, 0.15) is 42.4 Å². The molecule has 0 aliphatic rings. The Bertz CT molecular complexity index is 1300. The molecule has 1 unspecified atom stereocenters. The summed E-state index contributed by atoms with van der Waals surface area (Å²) in [6.45, 7) is 4.24. The molecule has 0 spiro atoms. The van der Waals surface area contributed by atoms with Crippen LogP contribution < -0.4 is 10.5 Å². The molecule has 0 aliphatic carbocycles. The number of hydrogen-bond donors (Lipinski definition) is 1. The lowest BCUT2D eigenvalue weighted by molar-refractivity contribution is -0.274. The van der Waals surface area contributed by atoms with Crippen molar-refractivity contribution in [1.29, 1.82) is 0 Å². The minimum atomic E-state index is -4.72. The molecule has 0 aliphatic heterocycles. The van der Waals surface area contributed by atoms with Gasteiger partial charge in [0.15, 0.2) is 0 Å². The Labute approximate surface area is 194 Å². The Balaban J connectivity index is 1.66. The van der Waals surface area contributed by atoms with Crippen LogP contribution in [0, 0.1) is 5.92 Å². The fourth-order valence-electron chi connectivity index (χ4n) is 3.90. The second kappa shape index (κ2) is 9.17. The number of primary amides is 1. The zero-order valence-corrected chi connectivity index (χ0v) is 18.6. The molecule has 9 heteroatoms. The number of hydrogen-bond acceptors (Lipinski definition) is 4. The first-order valence-electron chi connectivity index (χ1n) is 10.7. The standard InChI is InChI=1S/C25H23F3N4O2/c1-15(2)11-23(18-5-9-21(24(29)33)30-13-18)32-22-10-6-17(12-19(22)14-31-32)16-3-7-20(8-4-16)34-25(26,27)28/h3-10,12-15,23H,11H2,1-2H3,(H2,29,33). The first-order chi connectivity index (χ1) is 16.1. The van der Waals surface area contributed by atoms with Gasteiger partial charge in [0.2, 0.25) is 0 Å². The predicted octanol–water partition coefficient (Wildman–Crippen LogP) is 5.73. The molecular formula is C25H23F3N4O2. The van der Waals surface area contributed by atoms with Crippen LogP contribution in [0.15, 0.2) is 67.0 Å². The molecule has 0 bridgehead atoms. The second-order valence-corrected chi connectivity index (χ2v) is 8.42. The van der Waals surface area contributed by atoms with Crippen molar-refractivity contribution < 1.29 is 22.7 Å². The van der Waals surface area contributed by atoms with Gasteiger partial charge in [0.1, 0.15) is 11.4 Å². The van der Waals surface area contributed by atoms with Gasteiger partial charge in [0.25, 0.3) is 5.91 Å². The maximum Gasteiger partial charge on any atom is 0.573 e. The number of benzene rings is 2. The van der Waals surface area contributed by atoms with Crippen molar-refractivity contribution in [3.05, 3.63) is 78.2 Å².